The van der Waals surface area contributed by atoms with E-state index in [0.29, 0.717) is 18.8 Å². The molecule has 0 aliphatic carbocycles. The minimum atomic E-state index is -4.36. The fourth-order valence-electron chi connectivity index (χ4n) is 3.98. The molecule has 2 aromatic rings. The van der Waals surface area contributed by atoms with Gasteiger partial charge in [0.1, 0.15) is 0 Å². The van der Waals surface area contributed by atoms with Crippen molar-refractivity contribution in [2.75, 3.05) is 57.3 Å². The van der Waals surface area contributed by atoms with Gasteiger partial charge in [0.2, 0.25) is 0 Å². The number of likely N-dealkylation sites (N-methyl/N-ethyl adjacent to an activating group) is 2. The molecule has 1 heterocycles. The summed E-state index contributed by atoms with van der Waals surface area (Å²) in [5.74, 6) is 0. The van der Waals surface area contributed by atoms with E-state index < -0.39 is 11.7 Å². The zero-order valence-electron chi connectivity index (χ0n) is 18.7. The van der Waals surface area contributed by atoms with E-state index in [9.17, 15) is 18.3 Å². The number of rotatable bonds is 11. The first-order valence-corrected chi connectivity index (χ1v) is 12.0. The molecule has 4 nitrogen and oxygen atoms in total. The highest BCUT2D eigenvalue weighted by Crippen LogP contribution is 2.49. The summed E-state index contributed by atoms with van der Waals surface area (Å²) in [5, 5.41) is 9.17. The predicted octanol–water partition coefficient (Wildman–Crippen LogP) is 5.33. The topological polar surface area (TPSA) is 30.0 Å². The maximum atomic E-state index is 13.4. The van der Waals surface area contributed by atoms with Crippen molar-refractivity contribution in [3.8, 4) is 0 Å². The third kappa shape index (κ3) is 6.19. The van der Waals surface area contributed by atoms with E-state index in [0.717, 1.165) is 54.6 Å². The molecule has 1 aliphatic heterocycles. The lowest BCUT2D eigenvalue weighted by molar-refractivity contribution is -0.137. The second-order valence-corrected chi connectivity index (χ2v) is 8.93. The number of halogens is 3. The highest BCUT2D eigenvalue weighted by molar-refractivity contribution is 7.99. The summed E-state index contributed by atoms with van der Waals surface area (Å²) < 4.78 is 40.1. The number of nitrogens with zero attached hydrogens (tertiary/aromatic N) is 3. The summed E-state index contributed by atoms with van der Waals surface area (Å²) in [5.41, 5.74) is 0.985. The van der Waals surface area contributed by atoms with Crippen molar-refractivity contribution < 1.29 is 18.3 Å². The molecule has 0 saturated carbocycles. The number of para-hydroxylation sites is 1. The summed E-state index contributed by atoms with van der Waals surface area (Å²) >= 11 is 1.52. The van der Waals surface area contributed by atoms with Gasteiger partial charge in [-0.25, -0.2) is 0 Å². The van der Waals surface area contributed by atoms with Gasteiger partial charge in [0.15, 0.2) is 0 Å². The Balaban J connectivity index is 1.71. The first-order valence-electron chi connectivity index (χ1n) is 11.2. The van der Waals surface area contributed by atoms with E-state index in [-0.39, 0.29) is 6.61 Å². The number of aliphatic hydroxyl groups is 1. The Bertz CT molecular complexity index is 878. The SMILES string of the molecule is CCN(CCO)CCN(CC)CCCN1c2ccccc2Sc2ccc(C(F)(F)F)cc21. The highest BCUT2D eigenvalue weighted by atomic mass is 32.2. The van der Waals surface area contributed by atoms with Crippen molar-refractivity contribution in [3.63, 3.8) is 0 Å². The van der Waals surface area contributed by atoms with Crippen molar-refractivity contribution in [2.24, 2.45) is 0 Å². The molecule has 0 saturated heterocycles. The third-order valence-electron chi connectivity index (χ3n) is 5.85. The van der Waals surface area contributed by atoms with Gasteiger partial charge in [-0.3, -0.25) is 0 Å². The maximum Gasteiger partial charge on any atom is 0.416 e. The molecular weight excluding hydrogens is 435 g/mol. The Morgan fingerprint density at radius 1 is 0.875 bits per heavy atom. The van der Waals surface area contributed by atoms with E-state index in [1.807, 2.05) is 29.2 Å². The van der Waals surface area contributed by atoms with Crippen molar-refractivity contribution in [1.29, 1.82) is 0 Å². The minimum absolute atomic E-state index is 0.158. The average Bonchev–Trinajstić information content (AvgIpc) is 2.78. The molecule has 32 heavy (non-hydrogen) atoms. The predicted molar refractivity (Wildman–Crippen MR) is 125 cm³/mol. The molecule has 176 valence electrons. The van der Waals surface area contributed by atoms with Gasteiger partial charge >= 0.3 is 6.18 Å². The van der Waals surface area contributed by atoms with Crippen molar-refractivity contribution >= 4 is 23.1 Å². The summed E-state index contributed by atoms with van der Waals surface area (Å²) in [6, 6.07) is 11.9. The normalized spacial score (nSPS) is 13.6. The van der Waals surface area contributed by atoms with Crippen molar-refractivity contribution in [1.82, 2.24) is 9.80 Å². The lowest BCUT2D eigenvalue weighted by Crippen LogP contribution is -2.37. The van der Waals surface area contributed by atoms with Crippen LogP contribution in [0.3, 0.4) is 0 Å². The largest absolute Gasteiger partial charge is 0.416 e. The quantitative estimate of drug-likeness (QED) is 0.482. The lowest BCUT2D eigenvalue weighted by Gasteiger charge is -2.34. The molecule has 0 fully saturated rings. The van der Waals surface area contributed by atoms with Gasteiger partial charge in [0.25, 0.3) is 0 Å². The molecule has 0 radical (unpaired) electrons. The summed E-state index contributed by atoms with van der Waals surface area (Å²) in [6.45, 7) is 10.2. The molecule has 8 heteroatoms. The smallest absolute Gasteiger partial charge is 0.395 e. The number of aliphatic hydroxyl groups excluding tert-OH is 1. The van der Waals surface area contributed by atoms with Gasteiger partial charge in [-0.05, 0) is 56.4 Å². The second-order valence-electron chi connectivity index (χ2n) is 7.85. The molecule has 1 N–H and O–H groups in total. The third-order valence-corrected chi connectivity index (χ3v) is 6.98. The Hall–Kier alpha value is -1.74. The summed E-state index contributed by atoms with van der Waals surface area (Å²) in [4.78, 5) is 8.53. The number of anilines is 2. The van der Waals surface area contributed by atoms with E-state index in [4.69, 9.17) is 0 Å². The molecule has 0 bridgehead atoms. The van der Waals surface area contributed by atoms with Crippen LogP contribution in [0.2, 0.25) is 0 Å². The van der Waals surface area contributed by atoms with Gasteiger partial charge in [0, 0.05) is 36.0 Å². The number of benzene rings is 2. The zero-order chi connectivity index (χ0) is 23.1. The fraction of sp³-hybridized carbons (Fsp3) is 0.500. The van der Waals surface area contributed by atoms with E-state index in [2.05, 4.69) is 23.6 Å². The van der Waals surface area contributed by atoms with Crippen LogP contribution in [-0.2, 0) is 6.18 Å². The van der Waals surface area contributed by atoms with Gasteiger partial charge in [-0.15, -0.1) is 0 Å². The van der Waals surface area contributed by atoms with E-state index >= 15 is 0 Å². The van der Waals surface area contributed by atoms with Gasteiger partial charge < -0.3 is 19.8 Å². The first kappa shape index (κ1) is 24.9. The van der Waals surface area contributed by atoms with E-state index in [1.54, 1.807) is 6.07 Å². The van der Waals surface area contributed by atoms with Gasteiger partial charge in [-0.1, -0.05) is 37.7 Å². The molecular formula is C24H32F3N3OS. The highest BCUT2D eigenvalue weighted by Gasteiger charge is 2.33. The fourth-order valence-corrected chi connectivity index (χ4v) is 5.06. The van der Waals surface area contributed by atoms with Crippen LogP contribution in [0, 0.1) is 0 Å². The van der Waals surface area contributed by atoms with Gasteiger partial charge in [-0.2, -0.15) is 13.2 Å². The van der Waals surface area contributed by atoms with Crippen LogP contribution in [-0.4, -0.2) is 67.3 Å². The molecule has 3 rings (SSSR count). The molecule has 0 amide bonds. The zero-order valence-corrected chi connectivity index (χ0v) is 19.6. The Morgan fingerprint density at radius 2 is 1.53 bits per heavy atom. The molecule has 0 spiro atoms. The number of hydrogen-bond acceptors (Lipinski definition) is 5. The average molecular weight is 468 g/mol. The molecule has 0 unspecified atom stereocenters. The van der Waals surface area contributed by atoms with Crippen LogP contribution in [0.1, 0.15) is 25.8 Å². The lowest BCUT2D eigenvalue weighted by atomic mass is 10.1. The van der Waals surface area contributed by atoms with Crippen LogP contribution >= 0.6 is 11.8 Å². The Morgan fingerprint density at radius 3 is 2.19 bits per heavy atom. The van der Waals surface area contributed by atoms with Crippen LogP contribution in [0.15, 0.2) is 52.3 Å². The van der Waals surface area contributed by atoms with Crippen LogP contribution in [0.5, 0.6) is 0 Å². The second kappa shape index (κ2) is 11.4. The number of alkyl halides is 3. The standard InChI is InChI=1S/C24H32F3N3OS/c1-3-28(14-15-29(4-2)16-17-31)12-7-13-30-20-8-5-6-9-22(20)32-23-11-10-19(18-21(23)30)24(25,26)27/h5-6,8-11,18,31H,3-4,7,12-17H2,1-2H3. The minimum Gasteiger partial charge on any atom is -0.395 e. The van der Waals surface area contributed by atoms with E-state index in [1.165, 1.54) is 23.9 Å². The molecule has 0 atom stereocenters. The Labute approximate surface area is 193 Å². The Kier molecular flexibility index (Phi) is 8.87. The van der Waals surface area contributed by atoms with Crippen molar-refractivity contribution in [2.45, 2.75) is 36.2 Å². The monoisotopic (exact) mass is 467 g/mol. The summed E-state index contributed by atoms with van der Waals surface area (Å²) in [6.07, 6.45) is -3.52. The van der Waals surface area contributed by atoms with Crippen LogP contribution < -0.4 is 4.90 Å². The molecule has 1 aliphatic rings. The maximum absolute atomic E-state index is 13.4. The summed E-state index contributed by atoms with van der Waals surface area (Å²) in [7, 11) is 0. The molecule has 0 aromatic heterocycles. The van der Waals surface area contributed by atoms with Crippen LogP contribution in [0.4, 0.5) is 24.5 Å². The number of fused-ring (bicyclic) bond motifs is 2. The van der Waals surface area contributed by atoms with Crippen LogP contribution in [0.25, 0.3) is 0 Å². The van der Waals surface area contributed by atoms with Gasteiger partial charge in [0.05, 0.1) is 23.5 Å². The molecule has 2 aromatic carbocycles. The number of hydrogen-bond donors (Lipinski definition) is 1. The first-order chi connectivity index (χ1) is 15.4. The van der Waals surface area contributed by atoms with Crippen molar-refractivity contribution in [3.05, 3.63) is 48.0 Å².